The molecule has 0 saturated carbocycles. The standard InChI is InChI=1S/C17H26FN3O2S/c1-11(2)23-12-6-7-14(13(18)8-12)19-17(22)21-9-15(20(3)4)16(10-21)24-5/h6-8,11,15-16H,9-10H2,1-5H3,(H,19,22)/t15-,16-/m1/s1. The zero-order chi connectivity index (χ0) is 17.9. The van der Waals surface area contributed by atoms with Gasteiger partial charge in [-0.25, -0.2) is 9.18 Å². The number of thioether (sulfide) groups is 1. The molecule has 1 saturated heterocycles. The molecule has 0 radical (unpaired) electrons. The zero-order valence-electron chi connectivity index (χ0n) is 14.9. The number of ether oxygens (including phenoxy) is 1. The second-order valence-electron chi connectivity index (χ2n) is 6.45. The van der Waals surface area contributed by atoms with Gasteiger partial charge in [-0.2, -0.15) is 11.8 Å². The first-order chi connectivity index (χ1) is 11.3. The third-order valence-corrected chi connectivity index (χ3v) is 5.11. The fraction of sp³-hybridized carbons (Fsp3) is 0.588. The minimum atomic E-state index is -0.494. The zero-order valence-corrected chi connectivity index (χ0v) is 15.7. The predicted octanol–water partition coefficient (Wildman–Crippen LogP) is 3.12. The Bertz CT molecular complexity index is 583. The number of hydrogen-bond acceptors (Lipinski definition) is 4. The van der Waals surface area contributed by atoms with E-state index in [1.807, 2.05) is 27.9 Å². The number of rotatable bonds is 5. The van der Waals surface area contributed by atoms with Crippen LogP contribution in [0, 0.1) is 5.82 Å². The van der Waals surface area contributed by atoms with Crippen molar-refractivity contribution >= 4 is 23.5 Å². The van der Waals surface area contributed by atoms with Crippen LogP contribution in [-0.4, -0.2) is 66.7 Å². The largest absolute Gasteiger partial charge is 0.491 e. The monoisotopic (exact) mass is 355 g/mol. The van der Waals surface area contributed by atoms with Crippen LogP contribution in [0.5, 0.6) is 5.75 Å². The van der Waals surface area contributed by atoms with Crippen LogP contribution in [0.4, 0.5) is 14.9 Å². The van der Waals surface area contributed by atoms with Crippen LogP contribution in [0.1, 0.15) is 13.8 Å². The molecular weight excluding hydrogens is 329 g/mol. The van der Waals surface area contributed by atoms with Crippen molar-refractivity contribution in [3.8, 4) is 5.75 Å². The Balaban J connectivity index is 2.02. The number of hydrogen-bond donors (Lipinski definition) is 1. The molecule has 1 aliphatic heterocycles. The van der Waals surface area contributed by atoms with Gasteiger partial charge in [-0.3, -0.25) is 0 Å². The molecule has 1 heterocycles. The van der Waals surface area contributed by atoms with E-state index >= 15 is 0 Å². The Morgan fingerprint density at radius 3 is 2.62 bits per heavy atom. The number of carbonyl (C=O) groups excluding carboxylic acids is 1. The minimum Gasteiger partial charge on any atom is -0.491 e. The van der Waals surface area contributed by atoms with E-state index in [0.29, 0.717) is 30.1 Å². The van der Waals surface area contributed by atoms with E-state index in [-0.39, 0.29) is 17.8 Å². The molecule has 1 aromatic rings. The maximum atomic E-state index is 14.2. The first kappa shape index (κ1) is 18.9. The number of amides is 2. The minimum absolute atomic E-state index is 0.0270. The lowest BCUT2D eigenvalue weighted by Gasteiger charge is -2.23. The molecule has 2 amide bonds. The number of likely N-dealkylation sites (N-methyl/N-ethyl adjacent to an activating group) is 1. The first-order valence-corrected chi connectivity index (χ1v) is 9.32. The van der Waals surface area contributed by atoms with Crippen molar-refractivity contribution in [3.63, 3.8) is 0 Å². The number of nitrogens with zero attached hydrogens (tertiary/aromatic N) is 2. The molecule has 0 bridgehead atoms. The van der Waals surface area contributed by atoms with Crippen molar-refractivity contribution in [2.24, 2.45) is 0 Å². The molecule has 2 atom stereocenters. The summed E-state index contributed by atoms with van der Waals surface area (Å²) in [5.74, 6) is -0.0388. The molecule has 1 aliphatic rings. The highest BCUT2D eigenvalue weighted by Crippen LogP contribution is 2.26. The quantitative estimate of drug-likeness (QED) is 0.881. The molecule has 134 valence electrons. The molecule has 0 spiro atoms. The molecule has 5 nitrogen and oxygen atoms in total. The van der Waals surface area contributed by atoms with E-state index in [0.717, 1.165) is 0 Å². The van der Waals surface area contributed by atoms with Crippen LogP contribution in [-0.2, 0) is 0 Å². The molecule has 0 unspecified atom stereocenters. The number of carbonyl (C=O) groups is 1. The molecular formula is C17H26FN3O2S. The lowest BCUT2D eigenvalue weighted by atomic mass is 10.2. The van der Waals surface area contributed by atoms with Gasteiger partial charge in [0.1, 0.15) is 11.6 Å². The second-order valence-corrected chi connectivity index (χ2v) is 7.53. The van der Waals surface area contributed by atoms with Crippen LogP contribution in [0.25, 0.3) is 0 Å². The van der Waals surface area contributed by atoms with Gasteiger partial charge in [0, 0.05) is 30.4 Å². The molecule has 1 N–H and O–H groups in total. The molecule has 24 heavy (non-hydrogen) atoms. The molecule has 1 fully saturated rings. The summed E-state index contributed by atoms with van der Waals surface area (Å²) in [5.41, 5.74) is 0.171. The number of halogens is 1. The lowest BCUT2D eigenvalue weighted by Crippen LogP contribution is -2.38. The number of nitrogens with one attached hydrogen (secondary N) is 1. The van der Waals surface area contributed by atoms with Crippen LogP contribution in [0.2, 0.25) is 0 Å². The van der Waals surface area contributed by atoms with Crippen molar-refractivity contribution in [1.82, 2.24) is 9.80 Å². The van der Waals surface area contributed by atoms with E-state index in [2.05, 4.69) is 16.5 Å². The van der Waals surface area contributed by atoms with Crippen molar-refractivity contribution < 1.29 is 13.9 Å². The summed E-state index contributed by atoms with van der Waals surface area (Å²) in [5, 5.41) is 3.02. The van der Waals surface area contributed by atoms with E-state index in [9.17, 15) is 9.18 Å². The fourth-order valence-corrected chi connectivity index (χ4v) is 3.76. The van der Waals surface area contributed by atoms with Crippen molar-refractivity contribution in [2.45, 2.75) is 31.2 Å². The Labute approximate surface area is 147 Å². The van der Waals surface area contributed by atoms with Crippen molar-refractivity contribution in [3.05, 3.63) is 24.0 Å². The highest BCUT2D eigenvalue weighted by molar-refractivity contribution is 7.99. The Morgan fingerprint density at radius 1 is 1.42 bits per heavy atom. The highest BCUT2D eigenvalue weighted by atomic mass is 32.2. The molecule has 1 aromatic carbocycles. The summed E-state index contributed by atoms with van der Waals surface area (Å²) in [6, 6.07) is 4.53. The smallest absolute Gasteiger partial charge is 0.322 e. The van der Waals surface area contributed by atoms with Gasteiger partial charge in [-0.05, 0) is 46.3 Å². The molecule has 7 heteroatoms. The van der Waals surface area contributed by atoms with Gasteiger partial charge in [0.05, 0.1) is 11.8 Å². The summed E-state index contributed by atoms with van der Waals surface area (Å²) in [4.78, 5) is 16.3. The van der Waals surface area contributed by atoms with Gasteiger partial charge >= 0.3 is 6.03 Å². The number of urea groups is 1. The van der Waals surface area contributed by atoms with Gasteiger partial charge in [-0.1, -0.05) is 0 Å². The van der Waals surface area contributed by atoms with Crippen molar-refractivity contribution in [2.75, 3.05) is 38.8 Å². The lowest BCUT2D eigenvalue weighted by molar-refractivity contribution is 0.216. The van der Waals surface area contributed by atoms with Crippen LogP contribution in [0.15, 0.2) is 18.2 Å². The Hall–Kier alpha value is -1.47. The van der Waals surface area contributed by atoms with E-state index in [1.54, 1.807) is 22.7 Å². The summed E-state index contributed by atoms with van der Waals surface area (Å²) in [7, 11) is 4.03. The van der Waals surface area contributed by atoms with E-state index < -0.39 is 5.82 Å². The van der Waals surface area contributed by atoms with E-state index in [1.165, 1.54) is 12.1 Å². The third-order valence-electron chi connectivity index (χ3n) is 4.04. The maximum absolute atomic E-state index is 14.2. The number of benzene rings is 1. The Kier molecular flexibility index (Phi) is 6.34. The second kappa shape index (κ2) is 8.07. The topological polar surface area (TPSA) is 44.8 Å². The maximum Gasteiger partial charge on any atom is 0.322 e. The molecule has 0 aromatic heterocycles. The van der Waals surface area contributed by atoms with Crippen LogP contribution >= 0.6 is 11.8 Å². The molecule has 2 rings (SSSR count). The third kappa shape index (κ3) is 4.54. The van der Waals surface area contributed by atoms with Gasteiger partial charge in [-0.15, -0.1) is 0 Å². The summed E-state index contributed by atoms with van der Waals surface area (Å²) in [6.45, 7) is 5.06. The number of likely N-dealkylation sites (tertiary alicyclic amines) is 1. The summed E-state index contributed by atoms with van der Waals surface area (Å²) in [6.07, 6.45) is 2.02. The predicted molar refractivity (Wildman–Crippen MR) is 97.5 cm³/mol. The SMILES string of the molecule is CS[C@@H]1CN(C(=O)Nc2ccc(OC(C)C)cc2F)C[C@H]1N(C)C. The summed E-state index contributed by atoms with van der Waals surface area (Å²) < 4.78 is 19.6. The Morgan fingerprint density at radius 2 is 2.12 bits per heavy atom. The average Bonchev–Trinajstić information content (AvgIpc) is 2.94. The summed E-state index contributed by atoms with van der Waals surface area (Å²) >= 11 is 1.75. The van der Waals surface area contributed by atoms with Crippen molar-refractivity contribution in [1.29, 1.82) is 0 Å². The van der Waals surface area contributed by atoms with Gasteiger partial charge in [0.15, 0.2) is 0 Å². The first-order valence-electron chi connectivity index (χ1n) is 8.03. The average molecular weight is 355 g/mol. The van der Waals surface area contributed by atoms with Crippen LogP contribution < -0.4 is 10.1 Å². The van der Waals surface area contributed by atoms with E-state index in [4.69, 9.17) is 4.74 Å². The van der Waals surface area contributed by atoms with Gasteiger partial charge in [0.25, 0.3) is 0 Å². The van der Waals surface area contributed by atoms with Gasteiger partial charge < -0.3 is 19.9 Å². The molecule has 0 aliphatic carbocycles. The van der Waals surface area contributed by atoms with Gasteiger partial charge in [0.2, 0.25) is 0 Å². The fourth-order valence-electron chi connectivity index (χ4n) is 2.79. The number of anilines is 1. The highest BCUT2D eigenvalue weighted by Gasteiger charge is 2.36. The van der Waals surface area contributed by atoms with Crippen LogP contribution in [0.3, 0.4) is 0 Å². The normalized spacial score (nSPS) is 20.8.